The van der Waals surface area contributed by atoms with Gasteiger partial charge >= 0.3 is 0 Å². The Balaban J connectivity index is 4.33. The minimum absolute atomic E-state index is 0.194. The Bertz CT molecular complexity index is 246. The van der Waals surface area contributed by atoms with E-state index in [1.54, 1.807) is 0 Å². The number of unbranched alkanes of at least 4 members (excludes halogenated alkanes) is 1. The number of nitrogens with two attached hydrogens (primary N) is 1. The van der Waals surface area contributed by atoms with Crippen molar-refractivity contribution in [2.24, 2.45) is 5.73 Å². The standard InChI is InChI=1S/C9H22N2O2S/c1-4-6-7-14(12,13)11-9(3,5-2)8-10/h11H,4-8,10H2,1-3H3. The Morgan fingerprint density at radius 2 is 1.93 bits per heavy atom. The molecule has 0 aromatic heterocycles. The second-order valence-electron chi connectivity index (χ2n) is 3.89. The lowest BCUT2D eigenvalue weighted by Gasteiger charge is -2.27. The Morgan fingerprint density at radius 3 is 2.29 bits per heavy atom. The number of hydrogen-bond acceptors (Lipinski definition) is 3. The van der Waals surface area contributed by atoms with Gasteiger partial charge in [0, 0.05) is 12.1 Å². The third-order valence-electron chi connectivity index (χ3n) is 2.40. The monoisotopic (exact) mass is 222 g/mol. The molecule has 0 aromatic rings. The van der Waals surface area contributed by atoms with E-state index in [4.69, 9.17) is 5.73 Å². The third-order valence-corrected chi connectivity index (χ3v) is 4.03. The summed E-state index contributed by atoms with van der Waals surface area (Å²) >= 11 is 0. The molecule has 0 radical (unpaired) electrons. The summed E-state index contributed by atoms with van der Waals surface area (Å²) in [5.41, 5.74) is 5.03. The van der Waals surface area contributed by atoms with E-state index in [1.165, 1.54) is 0 Å². The number of nitrogens with one attached hydrogen (secondary N) is 1. The van der Waals surface area contributed by atoms with Crippen LogP contribution in [0.2, 0.25) is 0 Å². The fourth-order valence-electron chi connectivity index (χ4n) is 1.02. The van der Waals surface area contributed by atoms with Crippen LogP contribution < -0.4 is 10.5 Å². The fourth-order valence-corrected chi connectivity index (χ4v) is 2.77. The zero-order valence-corrected chi connectivity index (χ0v) is 10.2. The minimum atomic E-state index is -3.16. The van der Waals surface area contributed by atoms with E-state index in [1.807, 2.05) is 20.8 Å². The first-order valence-electron chi connectivity index (χ1n) is 5.11. The molecule has 0 aromatic carbocycles. The highest BCUT2D eigenvalue weighted by molar-refractivity contribution is 7.89. The van der Waals surface area contributed by atoms with Crippen LogP contribution in [-0.2, 0) is 10.0 Å². The maximum Gasteiger partial charge on any atom is 0.212 e. The van der Waals surface area contributed by atoms with Crippen LogP contribution in [0.15, 0.2) is 0 Å². The zero-order valence-electron chi connectivity index (χ0n) is 9.34. The van der Waals surface area contributed by atoms with Crippen LogP contribution in [0.5, 0.6) is 0 Å². The SMILES string of the molecule is CCCCS(=O)(=O)NC(C)(CC)CN. The van der Waals surface area contributed by atoms with Crippen LogP contribution in [0.4, 0.5) is 0 Å². The van der Waals surface area contributed by atoms with Gasteiger partial charge in [0.05, 0.1) is 5.75 Å². The van der Waals surface area contributed by atoms with Crippen molar-refractivity contribution in [2.45, 2.75) is 45.6 Å². The predicted octanol–water partition coefficient (Wildman–Crippen LogP) is 0.833. The van der Waals surface area contributed by atoms with Crippen molar-refractivity contribution in [3.63, 3.8) is 0 Å². The highest BCUT2D eigenvalue weighted by atomic mass is 32.2. The van der Waals surface area contributed by atoms with Gasteiger partial charge in [-0.15, -0.1) is 0 Å². The number of rotatable bonds is 7. The predicted molar refractivity (Wildman–Crippen MR) is 59.6 cm³/mol. The van der Waals surface area contributed by atoms with Crippen molar-refractivity contribution in [1.29, 1.82) is 0 Å². The molecule has 0 amide bonds. The van der Waals surface area contributed by atoms with Crippen LogP contribution >= 0.6 is 0 Å². The van der Waals surface area contributed by atoms with Crippen molar-refractivity contribution in [1.82, 2.24) is 4.72 Å². The minimum Gasteiger partial charge on any atom is -0.329 e. The molecule has 0 aliphatic heterocycles. The van der Waals surface area contributed by atoms with Gasteiger partial charge in [-0.25, -0.2) is 13.1 Å². The summed E-state index contributed by atoms with van der Waals surface area (Å²) < 4.78 is 25.8. The summed E-state index contributed by atoms with van der Waals surface area (Å²) in [7, 11) is -3.16. The summed E-state index contributed by atoms with van der Waals surface area (Å²) in [5, 5.41) is 0. The zero-order chi connectivity index (χ0) is 11.2. The Morgan fingerprint density at radius 1 is 1.36 bits per heavy atom. The van der Waals surface area contributed by atoms with Gasteiger partial charge in [0.25, 0.3) is 0 Å². The molecule has 3 N–H and O–H groups in total. The maximum atomic E-state index is 11.6. The number of sulfonamides is 1. The molecule has 0 heterocycles. The summed E-state index contributed by atoms with van der Waals surface area (Å²) in [5.74, 6) is 0.194. The molecule has 86 valence electrons. The van der Waals surface area contributed by atoms with E-state index in [0.29, 0.717) is 19.4 Å². The van der Waals surface area contributed by atoms with E-state index >= 15 is 0 Å². The molecular weight excluding hydrogens is 200 g/mol. The molecular formula is C9H22N2O2S. The molecule has 1 atom stereocenters. The van der Waals surface area contributed by atoms with Gasteiger partial charge in [-0.1, -0.05) is 20.3 Å². The molecule has 0 rings (SSSR count). The first-order valence-corrected chi connectivity index (χ1v) is 6.76. The fraction of sp³-hybridized carbons (Fsp3) is 1.00. The first-order chi connectivity index (χ1) is 6.39. The summed E-state index contributed by atoms with van der Waals surface area (Å²) in [6.45, 7) is 6.05. The van der Waals surface area contributed by atoms with Crippen molar-refractivity contribution in [2.75, 3.05) is 12.3 Å². The van der Waals surface area contributed by atoms with Crippen molar-refractivity contribution >= 4 is 10.0 Å². The van der Waals surface area contributed by atoms with Crippen LogP contribution in [0.1, 0.15) is 40.0 Å². The molecule has 0 saturated carbocycles. The van der Waals surface area contributed by atoms with Crippen molar-refractivity contribution < 1.29 is 8.42 Å². The lowest BCUT2D eigenvalue weighted by molar-refractivity contribution is 0.411. The third kappa shape index (κ3) is 4.93. The second-order valence-corrected chi connectivity index (χ2v) is 5.73. The summed E-state index contributed by atoms with van der Waals surface area (Å²) in [4.78, 5) is 0. The molecule has 4 nitrogen and oxygen atoms in total. The van der Waals surface area contributed by atoms with E-state index in [0.717, 1.165) is 6.42 Å². The van der Waals surface area contributed by atoms with E-state index in [-0.39, 0.29) is 5.75 Å². The van der Waals surface area contributed by atoms with Crippen LogP contribution in [0, 0.1) is 0 Å². The van der Waals surface area contributed by atoms with Gasteiger partial charge in [-0.3, -0.25) is 0 Å². The normalized spacial score (nSPS) is 16.6. The Hall–Kier alpha value is -0.130. The molecule has 1 unspecified atom stereocenters. The smallest absolute Gasteiger partial charge is 0.212 e. The van der Waals surface area contributed by atoms with Crippen molar-refractivity contribution in [3.8, 4) is 0 Å². The first kappa shape index (κ1) is 13.9. The van der Waals surface area contributed by atoms with Crippen molar-refractivity contribution in [3.05, 3.63) is 0 Å². The van der Waals surface area contributed by atoms with E-state index in [9.17, 15) is 8.42 Å². The second kappa shape index (κ2) is 5.68. The topological polar surface area (TPSA) is 72.2 Å². The van der Waals surface area contributed by atoms with E-state index in [2.05, 4.69) is 4.72 Å². The quantitative estimate of drug-likeness (QED) is 0.670. The summed E-state index contributed by atoms with van der Waals surface area (Å²) in [6, 6.07) is 0. The van der Waals surface area contributed by atoms with Gasteiger partial charge < -0.3 is 5.73 Å². The highest BCUT2D eigenvalue weighted by Crippen LogP contribution is 2.09. The largest absolute Gasteiger partial charge is 0.329 e. The molecule has 0 spiro atoms. The van der Waals surface area contributed by atoms with Gasteiger partial charge in [0.15, 0.2) is 0 Å². The maximum absolute atomic E-state index is 11.6. The van der Waals surface area contributed by atoms with Crippen LogP contribution in [0.25, 0.3) is 0 Å². The van der Waals surface area contributed by atoms with E-state index < -0.39 is 15.6 Å². The number of hydrogen-bond donors (Lipinski definition) is 2. The molecule has 0 saturated heterocycles. The van der Waals surface area contributed by atoms with Gasteiger partial charge in [0.2, 0.25) is 10.0 Å². The molecule has 0 fully saturated rings. The molecule has 14 heavy (non-hydrogen) atoms. The lowest BCUT2D eigenvalue weighted by atomic mass is 10.0. The Labute approximate surface area is 87.3 Å². The Kier molecular flexibility index (Phi) is 5.63. The van der Waals surface area contributed by atoms with Crippen LogP contribution in [0.3, 0.4) is 0 Å². The lowest BCUT2D eigenvalue weighted by Crippen LogP contribution is -2.51. The highest BCUT2D eigenvalue weighted by Gasteiger charge is 2.25. The van der Waals surface area contributed by atoms with Gasteiger partial charge in [-0.05, 0) is 19.8 Å². The summed E-state index contributed by atoms with van der Waals surface area (Å²) in [6.07, 6.45) is 2.28. The van der Waals surface area contributed by atoms with Gasteiger partial charge in [-0.2, -0.15) is 0 Å². The molecule has 0 aliphatic rings. The van der Waals surface area contributed by atoms with Gasteiger partial charge in [0.1, 0.15) is 0 Å². The molecule has 5 heteroatoms. The molecule has 0 aliphatic carbocycles. The molecule has 0 bridgehead atoms. The average Bonchev–Trinajstić information content (AvgIpc) is 2.14. The average molecular weight is 222 g/mol. The van der Waals surface area contributed by atoms with Crippen LogP contribution in [-0.4, -0.2) is 26.3 Å².